The molecule has 1 aromatic heterocycles. The van der Waals surface area contributed by atoms with Crippen molar-refractivity contribution in [3.63, 3.8) is 0 Å². The topological polar surface area (TPSA) is 146 Å². The summed E-state index contributed by atoms with van der Waals surface area (Å²) >= 11 is 0. The highest BCUT2D eigenvalue weighted by Crippen LogP contribution is 2.39. The number of fused-ring (bicyclic) bond motifs is 1. The van der Waals surface area contributed by atoms with Crippen LogP contribution in [0.2, 0.25) is 0 Å². The van der Waals surface area contributed by atoms with Gasteiger partial charge in [0.15, 0.2) is 11.5 Å². The fourth-order valence-corrected chi connectivity index (χ4v) is 6.35. The molecule has 2 heterocycles. The maximum atomic E-state index is 13.7. The van der Waals surface area contributed by atoms with Gasteiger partial charge in [-0.15, -0.1) is 0 Å². The molecule has 0 atom stereocenters. The van der Waals surface area contributed by atoms with E-state index in [0.29, 0.717) is 50.8 Å². The van der Waals surface area contributed by atoms with Crippen LogP contribution < -0.4 is 23.3 Å². The van der Waals surface area contributed by atoms with E-state index in [9.17, 15) is 23.1 Å². The summed E-state index contributed by atoms with van der Waals surface area (Å²) in [6, 6.07) is 15.6. The lowest BCUT2D eigenvalue weighted by atomic mass is 10.0. The van der Waals surface area contributed by atoms with Gasteiger partial charge in [0.2, 0.25) is 13.2 Å². The molecule has 0 saturated heterocycles. The summed E-state index contributed by atoms with van der Waals surface area (Å²) in [5, 5.41) is 10.3. The van der Waals surface area contributed by atoms with E-state index in [1.54, 1.807) is 47.0 Å². The molecule has 0 unspecified atom stereocenters. The first-order valence-corrected chi connectivity index (χ1v) is 15.9. The van der Waals surface area contributed by atoms with Crippen LogP contribution in [0.1, 0.15) is 36.8 Å². The van der Waals surface area contributed by atoms with Gasteiger partial charge in [0.25, 0.3) is 10.0 Å². The number of imidazole rings is 1. The number of rotatable bonds is 14. The third-order valence-corrected chi connectivity index (χ3v) is 9.09. The van der Waals surface area contributed by atoms with Crippen molar-refractivity contribution in [3.05, 3.63) is 89.5 Å². The average Bonchev–Trinajstić information content (AvgIpc) is 3.69. The number of carboxylic acid groups (broad SMARTS) is 1. The SMILES string of the molecule is CCCCc1ncc(/C=C(\Cc2cc3c(cc2OC)OCO3)C(=O)O)n1-c1ccc(OC)cc1N(C=O)S(=O)(=O)c1ccccc1. The zero-order chi connectivity index (χ0) is 32.8. The van der Waals surface area contributed by atoms with E-state index in [4.69, 9.17) is 18.9 Å². The van der Waals surface area contributed by atoms with Crippen LogP contribution in [-0.4, -0.2) is 56.5 Å². The van der Waals surface area contributed by atoms with Crippen LogP contribution >= 0.6 is 0 Å². The lowest BCUT2D eigenvalue weighted by Gasteiger charge is -2.23. The number of amides is 1. The van der Waals surface area contributed by atoms with Crippen LogP contribution in [0, 0.1) is 0 Å². The van der Waals surface area contributed by atoms with Crippen molar-refractivity contribution in [2.24, 2.45) is 0 Å². The molecule has 0 fully saturated rings. The number of methoxy groups -OCH3 is 2. The van der Waals surface area contributed by atoms with Crippen molar-refractivity contribution in [1.82, 2.24) is 9.55 Å². The highest BCUT2D eigenvalue weighted by Gasteiger charge is 2.29. The molecule has 0 radical (unpaired) electrons. The summed E-state index contributed by atoms with van der Waals surface area (Å²) in [6.45, 7) is 2.07. The van der Waals surface area contributed by atoms with E-state index in [2.05, 4.69) is 4.98 Å². The molecule has 1 amide bonds. The van der Waals surface area contributed by atoms with Crippen molar-refractivity contribution in [3.8, 4) is 28.7 Å². The second-order valence-electron chi connectivity index (χ2n) is 10.3. The largest absolute Gasteiger partial charge is 0.497 e. The summed E-state index contributed by atoms with van der Waals surface area (Å²) in [5.74, 6) is 1.08. The molecule has 3 aromatic carbocycles. The van der Waals surface area contributed by atoms with Gasteiger partial charge in [0.05, 0.1) is 42.4 Å². The van der Waals surface area contributed by atoms with Gasteiger partial charge in [-0.25, -0.2) is 22.5 Å². The number of ether oxygens (including phenoxy) is 4. The van der Waals surface area contributed by atoms with Gasteiger partial charge in [-0.3, -0.25) is 9.36 Å². The summed E-state index contributed by atoms with van der Waals surface area (Å²) < 4.78 is 51.6. The fraction of sp³-hybridized carbons (Fsp3) is 0.242. The molecule has 0 saturated carbocycles. The Hall–Kier alpha value is -5.30. The van der Waals surface area contributed by atoms with Crippen molar-refractivity contribution < 1.29 is 42.1 Å². The summed E-state index contributed by atoms with van der Waals surface area (Å²) in [6.07, 6.45) is 5.29. The van der Waals surface area contributed by atoms with Gasteiger partial charge in [0.1, 0.15) is 17.3 Å². The maximum absolute atomic E-state index is 13.7. The van der Waals surface area contributed by atoms with Crippen LogP contribution in [0.5, 0.6) is 23.0 Å². The number of benzene rings is 3. The molecule has 1 N–H and O–H groups in total. The Morgan fingerprint density at radius 2 is 1.80 bits per heavy atom. The van der Waals surface area contributed by atoms with Gasteiger partial charge in [-0.05, 0) is 42.8 Å². The second-order valence-corrected chi connectivity index (χ2v) is 12.1. The summed E-state index contributed by atoms with van der Waals surface area (Å²) in [4.78, 5) is 29.7. The molecule has 0 aliphatic carbocycles. The molecule has 0 bridgehead atoms. The van der Waals surface area contributed by atoms with Gasteiger partial charge >= 0.3 is 5.97 Å². The van der Waals surface area contributed by atoms with E-state index in [0.717, 1.165) is 12.8 Å². The minimum atomic E-state index is -4.34. The molecular formula is C33H33N3O9S. The zero-order valence-electron chi connectivity index (χ0n) is 25.5. The normalized spacial score (nSPS) is 12.5. The Labute approximate surface area is 266 Å². The number of aromatic nitrogens is 2. The minimum absolute atomic E-state index is 0.000399. The van der Waals surface area contributed by atoms with E-state index in [-0.39, 0.29) is 41.5 Å². The van der Waals surface area contributed by atoms with Crippen molar-refractivity contribution in [2.75, 3.05) is 25.3 Å². The van der Waals surface area contributed by atoms with E-state index in [1.165, 1.54) is 44.7 Å². The van der Waals surface area contributed by atoms with Crippen molar-refractivity contribution in [1.29, 1.82) is 0 Å². The Morgan fingerprint density at radius 3 is 2.46 bits per heavy atom. The van der Waals surface area contributed by atoms with Crippen molar-refractivity contribution in [2.45, 2.75) is 37.5 Å². The monoisotopic (exact) mass is 647 g/mol. The smallest absolute Gasteiger partial charge is 0.331 e. The Morgan fingerprint density at radius 1 is 1.07 bits per heavy atom. The van der Waals surface area contributed by atoms with Crippen LogP contribution in [0.4, 0.5) is 5.69 Å². The maximum Gasteiger partial charge on any atom is 0.331 e. The molecule has 13 heteroatoms. The van der Waals surface area contributed by atoms with Crippen LogP contribution in [0.15, 0.2) is 77.3 Å². The molecule has 1 aliphatic rings. The van der Waals surface area contributed by atoms with E-state index < -0.39 is 16.0 Å². The second kappa shape index (κ2) is 13.8. The zero-order valence-corrected chi connectivity index (χ0v) is 26.3. The number of aryl methyl sites for hydroxylation is 1. The van der Waals surface area contributed by atoms with E-state index in [1.807, 2.05) is 6.92 Å². The van der Waals surface area contributed by atoms with Crippen LogP contribution in [-0.2, 0) is 32.5 Å². The van der Waals surface area contributed by atoms with Crippen molar-refractivity contribution >= 4 is 34.2 Å². The first-order chi connectivity index (χ1) is 22.2. The third kappa shape index (κ3) is 6.40. The Kier molecular flexibility index (Phi) is 9.61. The number of sulfonamides is 1. The molecule has 1 aliphatic heterocycles. The molecule has 5 rings (SSSR count). The summed E-state index contributed by atoms with van der Waals surface area (Å²) in [7, 11) is -1.44. The Balaban J connectivity index is 1.68. The minimum Gasteiger partial charge on any atom is -0.497 e. The number of carboxylic acids is 1. The Bertz CT molecular complexity index is 1890. The predicted molar refractivity (Wildman–Crippen MR) is 169 cm³/mol. The molecule has 240 valence electrons. The number of hydrogen-bond donors (Lipinski definition) is 1. The standard InChI is InChI=1S/C33H33N3O9S/c1-4-5-11-32-34-19-24(15-23(33(38)39)14-22-16-30-31(45-21-44-30)18-29(22)43-3)36(32)27-13-12-25(42-2)17-28(27)35(20-37)46(40,41)26-9-7-6-8-10-26/h6-10,12-13,15-20H,4-5,11,14,21H2,1-3H3,(H,38,39)/b23-15+. The molecule has 46 heavy (non-hydrogen) atoms. The third-order valence-electron chi connectivity index (χ3n) is 7.43. The predicted octanol–water partition coefficient (Wildman–Crippen LogP) is 5.02. The van der Waals surface area contributed by atoms with Crippen LogP contribution in [0.3, 0.4) is 0 Å². The number of hydrogen-bond acceptors (Lipinski definition) is 9. The first kappa shape index (κ1) is 32.1. The molecule has 0 spiro atoms. The molecule has 12 nitrogen and oxygen atoms in total. The number of carbonyl (C=O) groups is 2. The fourth-order valence-electron chi connectivity index (χ4n) is 5.11. The first-order valence-electron chi connectivity index (χ1n) is 14.4. The van der Waals surface area contributed by atoms with Gasteiger partial charge in [0, 0.05) is 36.1 Å². The highest BCUT2D eigenvalue weighted by molar-refractivity contribution is 7.93. The number of anilines is 1. The van der Waals surface area contributed by atoms with Crippen LogP contribution in [0.25, 0.3) is 11.8 Å². The van der Waals surface area contributed by atoms with E-state index >= 15 is 0 Å². The number of aliphatic carboxylic acids is 1. The average molecular weight is 648 g/mol. The van der Waals surface area contributed by atoms with Gasteiger partial charge in [-0.2, -0.15) is 0 Å². The quantitative estimate of drug-likeness (QED) is 0.146. The molecular weight excluding hydrogens is 614 g/mol. The van der Waals surface area contributed by atoms with Gasteiger partial charge < -0.3 is 24.1 Å². The molecule has 4 aromatic rings. The summed E-state index contributed by atoms with van der Waals surface area (Å²) in [5.41, 5.74) is 1.20. The lowest BCUT2D eigenvalue weighted by Crippen LogP contribution is -2.30. The van der Waals surface area contributed by atoms with Gasteiger partial charge in [-0.1, -0.05) is 31.5 Å². The number of carbonyl (C=O) groups excluding carboxylic acids is 1. The lowest BCUT2D eigenvalue weighted by molar-refractivity contribution is -0.132. The number of unbranched alkanes of at least 4 members (excludes halogenated alkanes) is 1. The highest BCUT2D eigenvalue weighted by atomic mass is 32.2. The number of nitrogens with zero attached hydrogens (tertiary/aromatic N) is 3.